The van der Waals surface area contributed by atoms with Crippen molar-refractivity contribution in [2.75, 3.05) is 27.2 Å². The van der Waals surface area contributed by atoms with E-state index in [1.807, 2.05) is 0 Å². The number of alkyl halides is 3. The number of pyridine rings is 1. The number of carbonyl (C=O) groups excluding carboxylic acids is 1. The average molecular weight is 604 g/mol. The topological polar surface area (TPSA) is 132 Å². The Hall–Kier alpha value is -4.01. The van der Waals surface area contributed by atoms with Crippen molar-refractivity contribution in [3.63, 3.8) is 0 Å². The fraction of sp³-hybridized carbons (Fsp3) is 0.321. The van der Waals surface area contributed by atoms with Crippen molar-refractivity contribution in [2.24, 2.45) is 5.73 Å². The molecule has 1 aliphatic rings. The lowest BCUT2D eigenvalue weighted by atomic mass is 10.0. The number of benzene rings is 2. The maximum Gasteiger partial charge on any atom is 0.433 e. The molecule has 14 heteroatoms. The second-order valence-corrected chi connectivity index (χ2v) is 11.7. The number of ether oxygens (including phenoxy) is 1. The van der Waals surface area contributed by atoms with E-state index < -0.39 is 27.8 Å². The van der Waals surface area contributed by atoms with E-state index in [-0.39, 0.29) is 64.6 Å². The van der Waals surface area contributed by atoms with Crippen LogP contribution in [0.1, 0.15) is 34.8 Å². The molecule has 1 aliphatic heterocycles. The SMILES string of the molecule is COc1ccc(-c2nc(C(=O)N(C)C3CCN(S(=O)(=O)c4ccccc4)CC3)c(CN)o2)c2ccc(C(F)(F)F)nc12. The van der Waals surface area contributed by atoms with Crippen molar-refractivity contribution >= 4 is 26.8 Å². The molecule has 1 amide bonds. The van der Waals surface area contributed by atoms with Crippen molar-refractivity contribution in [1.29, 1.82) is 0 Å². The minimum atomic E-state index is -4.66. The van der Waals surface area contributed by atoms with Crippen LogP contribution in [0.5, 0.6) is 5.75 Å². The molecule has 4 aromatic rings. The number of methoxy groups -OCH3 is 1. The number of aromatic nitrogens is 2. The summed E-state index contributed by atoms with van der Waals surface area (Å²) in [5, 5.41) is 0.284. The van der Waals surface area contributed by atoms with Crippen LogP contribution in [0.2, 0.25) is 0 Å². The first kappa shape index (κ1) is 29.5. The number of carbonyl (C=O) groups is 1. The molecule has 0 unspecified atom stereocenters. The van der Waals surface area contributed by atoms with Crippen LogP contribution in [0.4, 0.5) is 13.2 Å². The minimum absolute atomic E-state index is 0.00909. The minimum Gasteiger partial charge on any atom is -0.494 e. The van der Waals surface area contributed by atoms with Crippen LogP contribution in [0, 0.1) is 0 Å². The van der Waals surface area contributed by atoms with Gasteiger partial charge in [-0.25, -0.2) is 18.4 Å². The number of nitrogens with two attached hydrogens (primary N) is 1. The zero-order chi connectivity index (χ0) is 30.2. The number of hydrogen-bond acceptors (Lipinski definition) is 8. The van der Waals surface area contributed by atoms with Gasteiger partial charge >= 0.3 is 6.18 Å². The molecule has 10 nitrogen and oxygen atoms in total. The number of amides is 1. The summed E-state index contributed by atoms with van der Waals surface area (Å²) in [6.07, 6.45) is -3.84. The van der Waals surface area contributed by atoms with Gasteiger partial charge in [0.05, 0.1) is 18.6 Å². The molecule has 0 spiro atoms. The third-order valence-corrected chi connectivity index (χ3v) is 9.23. The maximum absolute atomic E-state index is 13.5. The van der Waals surface area contributed by atoms with Crippen molar-refractivity contribution in [3.05, 3.63) is 71.7 Å². The Morgan fingerprint density at radius 2 is 1.79 bits per heavy atom. The smallest absolute Gasteiger partial charge is 0.433 e. The fourth-order valence-electron chi connectivity index (χ4n) is 5.02. The zero-order valence-electron chi connectivity index (χ0n) is 22.8. The Labute approximate surface area is 239 Å². The molecule has 3 heterocycles. The van der Waals surface area contributed by atoms with Crippen LogP contribution in [-0.2, 0) is 22.7 Å². The van der Waals surface area contributed by atoms with Gasteiger partial charge < -0.3 is 19.8 Å². The maximum atomic E-state index is 13.5. The number of rotatable bonds is 7. The number of fused-ring (bicyclic) bond motifs is 1. The van der Waals surface area contributed by atoms with E-state index in [1.165, 1.54) is 28.4 Å². The molecular weight excluding hydrogens is 575 g/mol. The number of oxazole rings is 1. The molecule has 0 atom stereocenters. The molecule has 42 heavy (non-hydrogen) atoms. The van der Waals surface area contributed by atoms with Crippen molar-refractivity contribution < 1.29 is 35.5 Å². The van der Waals surface area contributed by atoms with Gasteiger partial charge in [-0.05, 0) is 49.2 Å². The lowest BCUT2D eigenvalue weighted by Gasteiger charge is -2.35. The largest absolute Gasteiger partial charge is 0.494 e. The number of halogens is 3. The van der Waals surface area contributed by atoms with E-state index >= 15 is 0 Å². The van der Waals surface area contributed by atoms with Crippen molar-refractivity contribution in [2.45, 2.75) is 36.5 Å². The molecule has 0 aliphatic carbocycles. The number of piperidine rings is 1. The molecule has 1 fully saturated rings. The van der Waals surface area contributed by atoms with Crippen LogP contribution in [0.15, 0.2) is 63.9 Å². The Morgan fingerprint density at radius 3 is 2.40 bits per heavy atom. The summed E-state index contributed by atoms with van der Waals surface area (Å²) in [6, 6.07) is 13.0. The summed E-state index contributed by atoms with van der Waals surface area (Å²) in [4.78, 5) is 23.4. The molecule has 2 N–H and O–H groups in total. The second-order valence-electron chi connectivity index (χ2n) is 9.77. The monoisotopic (exact) mass is 603 g/mol. The van der Waals surface area contributed by atoms with Crippen LogP contribution >= 0.6 is 0 Å². The lowest BCUT2D eigenvalue weighted by Crippen LogP contribution is -2.47. The predicted octanol–water partition coefficient (Wildman–Crippen LogP) is 4.30. The van der Waals surface area contributed by atoms with E-state index in [2.05, 4.69) is 9.97 Å². The van der Waals surface area contributed by atoms with Crippen molar-refractivity contribution in [1.82, 2.24) is 19.2 Å². The summed E-state index contributed by atoms with van der Waals surface area (Å²) in [7, 11) is -0.719. The Kier molecular flexibility index (Phi) is 7.96. The van der Waals surface area contributed by atoms with Gasteiger partial charge in [0.15, 0.2) is 11.5 Å². The highest BCUT2D eigenvalue weighted by Gasteiger charge is 2.35. The third-order valence-electron chi connectivity index (χ3n) is 7.32. The second kappa shape index (κ2) is 11.3. The first-order chi connectivity index (χ1) is 20.0. The van der Waals surface area contributed by atoms with Crippen LogP contribution in [0.3, 0.4) is 0 Å². The Bertz CT molecular complexity index is 1720. The first-order valence-corrected chi connectivity index (χ1v) is 14.5. The molecule has 2 aromatic carbocycles. The summed E-state index contributed by atoms with van der Waals surface area (Å²) in [6.45, 7) is 0.316. The van der Waals surface area contributed by atoms with Gasteiger partial charge in [-0.15, -0.1) is 0 Å². The van der Waals surface area contributed by atoms with Gasteiger partial charge in [-0.3, -0.25) is 4.79 Å². The quantitative estimate of drug-likeness (QED) is 0.331. The molecule has 2 aromatic heterocycles. The number of nitrogens with zero attached hydrogens (tertiary/aromatic N) is 4. The predicted molar refractivity (Wildman–Crippen MR) is 147 cm³/mol. The van der Waals surface area contributed by atoms with Gasteiger partial charge in [0.2, 0.25) is 15.9 Å². The molecule has 0 bridgehead atoms. The molecule has 0 saturated carbocycles. The molecule has 0 radical (unpaired) electrons. The Balaban J connectivity index is 1.39. The van der Waals surface area contributed by atoms with Crippen LogP contribution in [-0.4, -0.2) is 66.8 Å². The van der Waals surface area contributed by atoms with Gasteiger partial charge in [-0.1, -0.05) is 18.2 Å². The van der Waals surface area contributed by atoms with Gasteiger partial charge in [0.25, 0.3) is 5.91 Å². The lowest BCUT2D eigenvalue weighted by molar-refractivity contribution is -0.140. The highest BCUT2D eigenvalue weighted by Crippen LogP contribution is 2.37. The fourth-order valence-corrected chi connectivity index (χ4v) is 6.51. The average Bonchev–Trinajstić information content (AvgIpc) is 3.43. The summed E-state index contributed by atoms with van der Waals surface area (Å²) >= 11 is 0. The zero-order valence-corrected chi connectivity index (χ0v) is 23.6. The number of sulfonamides is 1. The van der Waals surface area contributed by atoms with Gasteiger partial charge in [0.1, 0.15) is 17.0 Å². The molecular formula is C28H28F3N5O5S. The normalized spacial score (nSPS) is 15.2. The third kappa shape index (κ3) is 5.44. The van der Waals surface area contributed by atoms with E-state index in [0.717, 1.165) is 6.07 Å². The molecule has 222 valence electrons. The van der Waals surface area contributed by atoms with Crippen LogP contribution in [0.25, 0.3) is 22.4 Å². The highest BCUT2D eigenvalue weighted by atomic mass is 32.2. The first-order valence-electron chi connectivity index (χ1n) is 13.0. The standard InChI is InChI=1S/C28H28F3N5O5S/c1-35(17-12-14-36(15-13-17)42(38,39)18-6-4-3-5-7-18)27(37)25-22(16-32)41-26(34-25)20-8-10-21(40-2)24-19(20)9-11-23(33-24)28(29,30)31/h3-11,17H,12-16,32H2,1-2H3. The van der Waals surface area contributed by atoms with Gasteiger partial charge in [-0.2, -0.15) is 17.5 Å². The highest BCUT2D eigenvalue weighted by molar-refractivity contribution is 7.89. The summed E-state index contributed by atoms with van der Waals surface area (Å²) in [5.74, 6) is -0.243. The van der Waals surface area contributed by atoms with Gasteiger partial charge in [0, 0.05) is 37.1 Å². The van der Waals surface area contributed by atoms with E-state index in [4.69, 9.17) is 14.9 Å². The Morgan fingerprint density at radius 1 is 1.10 bits per heavy atom. The van der Waals surface area contributed by atoms with E-state index in [9.17, 15) is 26.4 Å². The van der Waals surface area contributed by atoms with Crippen LogP contribution < -0.4 is 10.5 Å². The van der Waals surface area contributed by atoms with E-state index in [1.54, 1.807) is 43.4 Å². The van der Waals surface area contributed by atoms with E-state index in [0.29, 0.717) is 18.4 Å². The summed E-state index contributed by atoms with van der Waals surface area (Å²) < 4.78 is 78.4. The molecule has 5 rings (SSSR count). The number of hydrogen-bond donors (Lipinski definition) is 1. The summed E-state index contributed by atoms with van der Waals surface area (Å²) in [5.41, 5.74) is 5.02. The molecule has 1 saturated heterocycles. The van der Waals surface area contributed by atoms with Crippen molar-refractivity contribution in [3.8, 4) is 17.2 Å².